The van der Waals surface area contributed by atoms with Crippen LogP contribution in [0.3, 0.4) is 0 Å². The molecule has 1 aliphatic carbocycles. The molecule has 1 heterocycles. The highest BCUT2D eigenvalue weighted by molar-refractivity contribution is 6.28. The van der Waals surface area contributed by atoms with Gasteiger partial charge in [0.15, 0.2) is 0 Å². The van der Waals surface area contributed by atoms with Gasteiger partial charge >= 0.3 is 0 Å². The number of fused-ring (bicyclic) bond motifs is 5. The minimum atomic E-state index is 1.04. The summed E-state index contributed by atoms with van der Waals surface area (Å²) in [6, 6.07) is 51.3. The lowest BCUT2D eigenvalue weighted by Gasteiger charge is -2.20. The SMILES string of the molecule is Cc1cc2cc(-c3ccc4c5c(cccc35)-c3c-4c(-c4ccccc4)c4ccccc4c3-c3ccccc3)ccc2cn1. The molecule has 43 heavy (non-hydrogen) atoms. The first-order valence-electron chi connectivity index (χ1n) is 14.9. The fourth-order valence-electron chi connectivity index (χ4n) is 7.28. The zero-order valence-electron chi connectivity index (χ0n) is 23.8. The smallest absolute Gasteiger partial charge is 0.0379 e. The summed E-state index contributed by atoms with van der Waals surface area (Å²) in [5.41, 5.74) is 13.9. The molecule has 0 unspecified atom stereocenters. The lowest BCUT2D eigenvalue weighted by atomic mass is 9.82. The van der Waals surface area contributed by atoms with Crippen LogP contribution in [0.4, 0.5) is 0 Å². The standard InChI is InChI=1S/C42H27N/c1-26-23-31-24-29(19-20-30(31)25-43-26)32-21-22-37-40-33(32)17-10-18-36(40)41-38(27-11-4-2-5-12-27)34-15-8-9-16-35(34)39(42(37)41)28-13-6-3-7-14-28/h2-25H,1H3. The number of hydrogen-bond donors (Lipinski definition) is 0. The van der Waals surface area contributed by atoms with Gasteiger partial charge in [-0.2, -0.15) is 0 Å². The van der Waals surface area contributed by atoms with Crippen LogP contribution >= 0.6 is 0 Å². The predicted molar refractivity (Wildman–Crippen MR) is 182 cm³/mol. The van der Waals surface area contributed by atoms with Gasteiger partial charge in [0, 0.05) is 17.3 Å². The quantitative estimate of drug-likeness (QED) is 0.215. The second-order valence-corrected chi connectivity index (χ2v) is 11.6. The first-order chi connectivity index (χ1) is 21.3. The Labute approximate surface area is 250 Å². The van der Waals surface area contributed by atoms with E-state index in [0.29, 0.717) is 0 Å². The summed E-state index contributed by atoms with van der Waals surface area (Å²) >= 11 is 0. The molecule has 0 N–H and O–H groups in total. The zero-order chi connectivity index (χ0) is 28.5. The summed E-state index contributed by atoms with van der Waals surface area (Å²) in [5.74, 6) is 0. The van der Waals surface area contributed by atoms with Gasteiger partial charge in [0.1, 0.15) is 0 Å². The minimum Gasteiger partial charge on any atom is -0.261 e. The Morgan fingerprint density at radius 2 is 0.977 bits per heavy atom. The van der Waals surface area contributed by atoms with Gasteiger partial charge in [0.2, 0.25) is 0 Å². The van der Waals surface area contributed by atoms with Crippen molar-refractivity contribution in [2.45, 2.75) is 6.92 Å². The molecular formula is C42H27N. The summed E-state index contributed by atoms with van der Waals surface area (Å²) < 4.78 is 0. The number of aromatic nitrogens is 1. The Bertz CT molecular complexity index is 2290. The molecule has 0 spiro atoms. The van der Waals surface area contributed by atoms with E-state index in [1.807, 2.05) is 6.20 Å². The molecule has 0 fully saturated rings. The third kappa shape index (κ3) is 3.55. The van der Waals surface area contributed by atoms with Crippen molar-refractivity contribution in [2.75, 3.05) is 0 Å². The summed E-state index contributed by atoms with van der Waals surface area (Å²) in [6.07, 6.45) is 1.97. The van der Waals surface area contributed by atoms with Crippen LogP contribution in [0.1, 0.15) is 5.69 Å². The Hall–Kier alpha value is -5.53. The molecular weight excluding hydrogens is 518 g/mol. The van der Waals surface area contributed by atoms with Crippen molar-refractivity contribution in [3.05, 3.63) is 151 Å². The van der Waals surface area contributed by atoms with E-state index in [4.69, 9.17) is 0 Å². The molecule has 0 saturated heterocycles. The summed E-state index contributed by atoms with van der Waals surface area (Å²) in [7, 11) is 0. The topological polar surface area (TPSA) is 12.9 Å². The van der Waals surface area contributed by atoms with Gasteiger partial charge in [-0.3, -0.25) is 4.98 Å². The molecule has 0 atom stereocenters. The van der Waals surface area contributed by atoms with Crippen LogP contribution in [-0.4, -0.2) is 4.98 Å². The number of benzene rings is 7. The lowest BCUT2D eigenvalue weighted by molar-refractivity contribution is 1.22. The number of pyridine rings is 1. The largest absolute Gasteiger partial charge is 0.261 e. The molecule has 0 radical (unpaired) electrons. The van der Waals surface area contributed by atoms with E-state index in [9.17, 15) is 0 Å². The van der Waals surface area contributed by atoms with E-state index in [1.54, 1.807) is 0 Å². The van der Waals surface area contributed by atoms with Gasteiger partial charge in [-0.25, -0.2) is 0 Å². The molecule has 1 heteroatoms. The fraction of sp³-hybridized carbons (Fsp3) is 0.0238. The molecule has 0 bridgehead atoms. The van der Waals surface area contributed by atoms with Gasteiger partial charge in [0.25, 0.3) is 0 Å². The van der Waals surface area contributed by atoms with E-state index < -0.39 is 0 Å². The van der Waals surface area contributed by atoms with Crippen molar-refractivity contribution in [3.8, 4) is 55.6 Å². The van der Waals surface area contributed by atoms with Gasteiger partial charge < -0.3 is 0 Å². The summed E-state index contributed by atoms with van der Waals surface area (Å²) in [4.78, 5) is 4.50. The maximum atomic E-state index is 4.50. The molecule has 1 aliphatic rings. The van der Waals surface area contributed by atoms with Crippen LogP contribution in [0.25, 0.3) is 88.0 Å². The number of aryl methyl sites for hydroxylation is 1. The Morgan fingerprint density at radius 1 is 0.395 bits per heavy atom. The maximum absolute atomic E-state index is 4.50. The Morgan fingerprint density at radius 3 is 1.65 bits per heavy atom. The van der Waals surface area contributed by atoms with Crippen molar-refractivity contribution in [3.63, 3.8) is 0 Å². The van der Waals surface area contributed by atoms with Crippen molar-refractivity contribution in [2.24, 2.45) is 0 Å². The first-order valence-corrected chi connectivity index (χ1v) is 14.9. The summed E-state index contributed by atoms with van der Waals surface area (Å²) in [5, 5.41) is 7.59. The van der Waals surface area contributed by atoms with Crippen LogP contribution < -0.4 is 0 Å². The highest BCUT2D eigenvalue weighted by Gasteiger charge is 2.31. The van der Waals surface area contributed by atoms with Crippen molar-refractivity contribution in [1.29, 1.82) is 0 Å². The van der Waals surface area contributed by atoms with Crippen molar-refractivity contribution < 1.29 is 0 Å². The molecule has 1 aromatic heterocycles. The average Bonchev–Trinajstić information content (AvgIpc) is 3.39. The Kier molecular flexibility index (Phi) is 5.18. The molecule has 0 amide bonds. The molecule has 9 rings (SSSR count). The highest BCUT2D eigenvalue weighted by atomic mass is 14.6. The van der Waals surface area contributed by atoms with Crippen LogP contribution in [0.5, 0.6) is 0 Å². The van der Waals surface area contributed by atoms with Gasteiger partial charge in [-0.15, -0.1) is 0 Å². The van der Waals surface area contributed by atoms with E-state index in [1.165, 1.54) is 88.0 Å². The van der Waals surface area contributed by atoms with Gasteiger partial charge in [0.05, 0.1) is 0 Å². The third-order valence-corrected chi connectivity index (χ3v) is 9.09. The van der Waals surface area contributed by atoms with Crippen LogP contribution in [0.15, 0.2) is 146 Å². The highest BCUT2D eigenvalue weighted by Crippen LogP contribution is 2.58. The van der Waals surface area contributed by atoms with E-state index >= 15 is 0 Å². The predicted octanol–water partition coefficient (Wildman–Crippen LogP) is 11.5. The first kappa shape index (κ1) is 24.1. The Balaban J connectivity index is 1.42. The fourth-order valence-corrected chi connectivity index (χ4v) is 7.28. The number of hydrogen-bond acceptors (Lipinski definition) is 1. The summed E-state index contributed by atoms with van der Waals surface area (Å²) in [6.45, 7) is 2.06. The zero-order valence-corrected chi connectivity index (χ0v) is 23.8. The van der Waals surface area contributed by atoms with Crippen LogP contribution in [-0.2, 0) is 0 Å². The van der Waals surface area contributed by atoms with Crippen LogP contribution in [0, 0.1) is 6.92 Å². The minimum absolute atomic E-state index is 1.04. The molecule has 0 saturated carbocycles. The van der Waals surface area contributed by atoms with Gasteiger partial charge in [-0.05, 0) is 102 Å². The van der Waals surface area contributed by atoms with E-state index in [0.717, 1.165) is 5.69 Å². The molecule has 0 aliphatic heterocycles. The molecule has 8 aromatic rings. The van der Waals surface area contributed by atoms with E-state index in [-0.39, 0.29) is 0 Å². The second-order valence-electron chi connectivity index (χ2n) is 11.6. The average molecular weight is 546 g/mol. The maximum Gasteiger partial charge on any atom is 0.0379 e. The lowest BCUT2D eigenvalue weighted by Crippen LogP contribution is -1.93. The third-order valence-electron chi connectivity index (χ3n) is 9.09. The number of nitrogens with zero attached hydrogens (tertiary/aromatic N) is 1. The van der Waals surface area contributed by atoms with Gasteiger partial charge in [-0.1, -0.05) is 127 Å². The van der Waals surface area contributed by atoms with Crippen molar-refractivity contribution in [1.82, 2.24) is 4.98 Å². The van der Waals surface area contributed by atoms with Crippen LogP contribution in [0.2, 0.25) is 0 Å². The second kappa shape index (κ2) is 9.24. The molecule has 200 valence electrons. The normalized spacial score (nSPS) is 11.8. The molecule has 7 aromatic carbocycles. The van der Waals surface area contributed by atoms with E-state index in [2.05, 4.69) is 151 Å². The molecule has 1 nitrogen and oxygen atoms in total. The number of rotatable bonds is 3. The monoisotopic (exact) mass is 545 g/mol. The van der Waals surface area contributed by atoms with Crippen molar-refractivity contribution >= 4 is 32.3 Å².